The maximum absolute atomic E-state index is 11.2. The number of aliphatic hydroxyl groups excluding tert-OH is 7. The van der Waals surface area contributed by atoms with Crippen LogP contribution in [0.25, 0.3) is 0 Å². The Kier molecular flexibility index (Phi) is 10.4. The van der Waals surface area contributed by atoms with E-state index in [0.29, 0.717) is 0 Å². The molecule has 0 bridgehead atoms. The molecular weight excluding hydrogens is 422 g/mol. The molecule has 28 heavy (non-hydrogen) atoms. The first kappa shape index (κ1) is 26.7. The van der Waals surface area contributed by atoms with Gasteiger partial charge in [0.1, 0.15) is 48.8 Å². The number of hydrogen-bond donors (Lipinski definition) is 9. The van der Waals surface area contributed by atoms with Gasteiger partial charge in [-0.2, -0.15) is 0 Å². The minimum absolute atomic E-state index is 0. The van der Waals surface area contributed by atoms with Crippen molar-refractivity contribution in [3.8, 4) is 0 Å². The zero-order valence-electron chi connectivity index (χ0n) is 13.7. The Labute approximate surface area is 180 Å². The van der Waals surface area contributed by atoms with Gasteiger partial charge in [0.2, 0.25) is 0 Å². The predicted octanol–water partition coefficient (Wildman–Crippen LogP) is -5.93. The molecule has 0 aliphatic carbocycles. The molecule has 2 aliphatic heterocycles. The van der Waals surface area contributed by atoms with E-state index in [1.807, 2.05) is 0 Å². The van der Waals surface area contributed by atoms with Crippen molar-refractivity contribution in [2.24, 2.45) is 0 Å². The first-order valence-corrected chi connectivity index (χ1v) is 9.35. The van der Waals surface area contributed by atoms with E-state index < -0.39 is 82.4 Å². The van der Waals surface area contributed by atoms with Crippen LogP contribution in [-0.2, 0) is 23.3 Å². The van der Waals surface area contributed by atoms with Gasteiger partial charge in [0.15, 0.2) is 12.6 Å². The Morgan fingerprint density at radius 3 is 1.82 bits per heavy atom. The number of aliphatic hydroxyl groups is 7. The van der Waals surface area contributed by atoms with Crippen molar-refractivity contribution in [1.29, 1.82) is 0 Å². The summed E-state index contributed by atoms with van der Waals surface area (Å²) in [5.41, 5.74) is 0. The van der Waals surface area contributed by atoms with E-state index in [1.165, 1.54) is 0 Å². The molecule has 0 aromatic carbocycles. The normalized spacial score (nSPS) is 44.8. The summed E-state index contributed by atoms with van der Waals surface area (Å²) < 4.78 is 30.8. The average molecular weight is 446 g/mol. The Morgan fingerprint density at radius 1 is 0.786 bits per heavy atom. The van der Waals surface area contributed by atoms with Crippen LogP contribution in [0, 0.1) is 0 Å². The van der Waals surface area contributed by atoms with Gasteiger partial charge >= 0.3 is 37.4 Å². The summed E-state index contributed by atoms with van der Waals surface area (Å²) in [6, 6.07) is 0. The molecule has 0 unspecified atom stereocenters. The molecule has 10 atom stereocenters. The molecule has 0 aromatic heterocycles. The number of phosphoric ester groups is 1. The second-order valence-electron chi connectivity index (χ2n) is 6.10. The van der Waals surface area contributed by atoms with E-state index in [4.69, 9.17) is 24.0 Å². The van der Waals surface area contributed by atoms with Gasteiger partial charge < -0.3 is 59.7 Å². The zero-order valence-corrected chi connectivity index (χ0v) is 14.6. The number of ether oxygens (including phenoxy) is 3. The van der Waals surface area contributed by atoms with Crippen LogP contribution in [-0.4, -0.2) is 150 Å². The molecular formula is C12H24NaO14P. The van der Waals surface area contributed by atoms with E-state index in [9.17, 15) is 40.3 Å². The van der Waals surface area contributed by atoms with Crippen LogP contribution in [0.15, 0.2) is 0 Å². The first-order valence-electron chi connectivity index (χ1n) is 7.82. The second kappa shape index (κ2) is 10.8. The van der Waals surface area contributed by atoms with E-state index in [1.54, 1.807) is 0 Å². The Hall–Kier alpha value is 0.710. The number of hydrogen-bond acceptors (Lipinski definition) is 12. The van der Waals surface area contributed by atoms with Crippen molar-refractivity contribution in [3.63, 3.8) is 0 Å². The fraction of sp³-hybridized carbons (Fsp3) is 1.00. The molecule has 9 N–H and O–H groups in total. The molecule has 16 heteroatoms. The quantitative estimate of drug-likeness (QED) is 0.136. The fourth-order valence-electron chi connectivity index (χ4n) is 2.83. The standard InChI is InChI=1S/C12H23O14P.Na.H/c13-1-3-5(15)6(16)10(26-27(20,21)22)12(24-3)25-9-4(2-14)23-11(19)8(18)7(9)17;;/h3-19H,1-2H2,(H2,20,21,22);;/t3-,4-,5+,6+,7-,8-,9-,10-,11-,12+;;/m1../s1. The van der Waals surface area contributed by atoms with Crippen LogP contribution < -0.4 is 0 Å². The Morgan fingerprint density at radius 2 is 1.32 bits per heavy atom. The van der Waals surface area contributed by atoms with Crippen molar-refractivity contribution in [1.82, 2.24) is 0 Å². The monoisotopic (exact) mass is 446 g/mol. The van der Waals surface area contributed by atoms with Gasteiger partial charge in [-0.25, -0.2) is 4.57 Å². The zero-order chi connectivity index (χ0) is 20.5. The van der Waals surface area contributed by atoms with Crippen molar-refractivity contribution >= 4 is 37.4 Å². The van der Waals surface area contributed by atoms with Gasteiger partial charge in [-0.3, -0.25) is 4.52 Å². The summed E-state index contributed by atoms with van der Waals surface area (Å²) in [5, 5.41) is 67.7. The van der Waals surface area contributed by atoms with Crippen LogP contribution in [0.4, 0.5) is 0 Å². The summed E-state index contributed by atoms with van der Waals surface area (Å²) in [6.07, 6.45) is -17.6. The summed E-state index contributed by atoms with van der Waals surface area (Å²) in [4.78, 5) is 18.0. The van der Waals surface area contributed by atoms with Gasteiger partial charge in [0, 0.05) is 0 Å². The third kappa shape index (κ3) is 6.12. The fourth-order valence-corrected chi connectivity index (χ4v) is 3.37. The van der Waals surface area contributed by atoms with Crippen molar-refractivity contribution < 1.29 is 68.8 Å². The van der Waals surface area contributed by atoms with Gasteiger partial charge in [-0.15, -0.1) is 0 Å². The van der Waals surface area contributed by atoms with Gasteiger partial charge in [0.05, 0.1) is 13.2 Å². The molecule has 2 fully saturated rings. The van der Waals surface area contributed by atoms with Gasteiger partial charge in [-0.1, -0.05) is 0 Å². The van der Waals surface area contributed by atoms with Crippen LogP contribution >= 0.6 is 7.82 Å². The molecule has 2 aliphatic rings. The van der Waals surface area contributed by atoms with E-state index in [-0.39, 0.29) is 29.6 Å². The van der Waals surface area contributed by atoms with Gasteiger partial charge in [0.25, 0.3) is 0 Å². The number of rotatable bonds is 6. The topological polar surface area (TPSA) is 236 Å². The molecule has 0 radical (unpaired) electrons. The SMILES string of the molecule is O=P(O)(O)O[C@H]1[C@H](O[C@H]2[C@H](O)[C@@H](O)[C@H](O)O[C@@H]2CO)O[C@H](CO)[C@H](O)[C@@H]1O.[NaH]. The molecule has 0 amide bonds. The third-order valence-electron chi connectivity index (χ3n) is 4.21. The summed E-state index contributed by atoms with van der Waals surface area (Å²) in [6.45, 7) is -1.61. The van der Waals surface area contributed by atoms with Crippen LogP contribution in [0.2, 0.25) is 0 Å². The Balaban J connectivity index is 0.00000392. The summed E-state index contributed by atoms with van der Waals surface area (Å²) in [5.74, 6) is 0. The molecule has 14 nitrogen and oxygen atoms in total. The van der Waals surface area contributed by atoms with Gasteiger partial charge in [-0.05, 0) is 0 Å². The van der Waals surface area contributed by atoms with E-state index in [0.717, 1.165) is 0 Å². The van der Waals surface area contributed by atoms with Crippen molar-refractivity contribution in [2.75, 3.05) is 13.2 Å². The summed E-state index contributed by atoms with van der Waals surface area (Å²) >= 11 is 0. The molecule has 0 spiro atoms. The van der Waals surface area contributed by atoms with Crippen LogP contribution in [0.3, 0.4) is 0 Å². The molecule has 2 heterocycles. The molecule has 162 valence electrons. The summed E-state index contributed by atoms with van der Waals surface area (Å²) in [7, 11) is -5.20. The molecule has 0 aromatic rings. The van der Waals surface area contributed by atoms with Crippen LogP contribution in [0.5, 0.6) is 0 Å². The molecule has 2 rings (SSSR count). The van der Waals surface area contributed by atoms with Crippen molar-refractivity contribution in [3.05, 3.63) is 0 Å². The third-order valence-corrected chi connectivity index (χ3v) is 4.73. The molecule has 2 saturated heterocycles. The average Bonchev–Trinajstić information content (AvgIpc) is 2.60. The van der Waals surface area contributed by atoms with Crippen LogP contribution in [0.1, 0.15) is 0 Å². The predicted molar refractivity (Wildman–Crippen MR) is 86.7 cm³/mol. The van der Waals surface area contributed by atoms with E-state index >= 15 is 0 Å². The van der Waals surface area contributed by atoms with Crippen molar-refractivity contribution in [2.45, 2.75) is 61.4 Å². The van der Waals surface area contributed by atoms with E-state index in [2.05, 4.69) is 4.52 Å². The Bertz CT molecular complexity index is 532. The maximum atomic E-state index is 11.2. The first-order chi connectivity index (χ1) is 12.5. The molecule has 0 saturated carbocycles. The number of phosphoric acid groups is 1. The second-order valence-corrected chi connectivity index (χ2v) is 7.29. The minimum atomic E-state index is -5.20.